The first-order valence-electron chi connectivity index (χ1n) is 3.12. The molecule has 1 aromatic heterocycles. The minimum Gasteiger partial charge on any atom is -0.710 e. The quantitative estimate of drug-likeness (QED) is 0.222. The number of hydrogen-bond donors (Lipinski definition) is 0. The van der Waals surface area contributed by atoms with Crippen LogP contribution in [0.2, 0.25) is 0 Å². The largest absolute Gasteiger partial charge is 0.710 e. The fourth-order valence-electron chi connectivity index (χ4n) is 0.578. The van der Waals surface area contributed by atoms with Crippen LogP contribution in [0.5, 0.6) is 0 Å². The molecule has 0 unspecified atom stereocenters. The molecule has 11 heavy (non-hydrogen) atoms. The Balaban J connectivity index is 2.69. The molecule has 0 spiro atoms. The average molecular weight is 168 g/mol. The molecule has 0 saturated heterocycles. The molecule has 0 N–H and O–H groups in total. The molecule has 0 aliphatic rings. The highest BCUT2D eigenvalue weighted by atomic mass is 32.2. The third kappa shape index (κ3) is 2.23. The van der Waals surface area contributed by atoms with E-state index in [4.69, 9.17) is 0 Å². The van der Waals surface area contributed by atoms with E-state index < -0.39 is 0 Å². The van der Waals surface area contributed by atoms with Crippen molar-refractivity contribution in [2.24, 2.45) is 0 Å². The maximum Gasteiger partial charge on any atom is 0.362 e. The van der Waals surface area contributed by atoms with Gasteiger partial charge in [-0.25, -0.2) is 4.73 Å². The molecule has 0 fully saturated rings. The van der Waals surface area contributed by atoms with Crippen molar-refractivity contribution < 1.29 is 4.73 Å². The van der Waals surface area contributed by atoms with Crippen molar-refractivity contribution in [3.63, 3.8) is 0 Å². The van der Waals surface area contributed by atoms with Crippen molar-refractivity contribution in [2.75, 3.05) is 5.75 Å². The monoisotopic (exact) mass is 168 g/mol. The van der Waals surface area contributed by atoms with Crippen molar-refractivity contribution in [2.45, 2.75) is 5.16 Å². The van der Waals surface area contributed by atoms with Gasteiger partial charge < -0.3 is 5.21 Å². The number of hydrogen-bond acceptors (Lipinski definition) is 3. The summed E-state index contributed by atoms with van der Waals surface area (Å²) in [5.41, 5.74) is 0. The molecule has 0 amide bonds. The van der Waals surface area contributed by atoms with Gasteiger partial charge in [-0.15, -0.1) is 6.58 Å². The van der Waals surface area contributed by atoms with Gasteiger partial charge in [0.05, 0.1) is 6.20 Å². The first-order chi connectivity index (χ1) is 5.34. The topological polar surface area (TPSA) is 39.8 Å². The second-order valence-corrected chi connectivity index (χ2v) is 2.81. The molecule has 1 rings (SSSR count). The Morgan fingerprint density at radius 2 is 2.64 bits per heavy atom. The minimum absolute atomic E-state index is 0.465. The third-order valence-corrected chi connectivity index (χ3v) is 1.96. The predicted molar refractivity (Wildman–Crippen MR) is 44.1 cm³/mol. The van der Waals surface area contributed by atoms with Crippen LogP contribution in [0.3, 0.4) is 0 Å². The summed E-state index contributed by atoms with van der Waals surface area (Å²) < 4.78 is 0.744. The fourth-order valence-corrected chi connectivity index (χ4v) is 1.17. The van der Waals surface area contributed by atoms with E-state index in [1.165, 1.54) is 18.0 Å². The van der Waals surface area contributed by atoms with Gasteiger partial charge in [-0.3, -0.25) is 0 Å². The standard InChI is InChI=1S/C7H8N2OS/c1-2-6-11-7-8-4-3-5-9(7)10/h2-5H,1,6H2. The maximum absolute atomic E-state index is 10.9. The zero-order chi connectivity index (χ0) is 8.10. The summed E-state index contributed by atoms with van der Waals surface area (Å²) in [6, 6.07) is 1.60. The third-order valence-electron chi connectivity index (χ3n) is 1.01. The Hall–Kier alpha value is -1.03. The lowest BCUT2D eigenvalue weighted by Crippen LogP contribution is -2.29. The summed E-state index contributed by atoms with van der Waals surface area (Å²) in [6.07, 6.45) is 4.76. The Bertz CT molecular complexity index is 252. The molecule has 0 bridgehead atoms. The molecule has 0 aliphatic heterocycles. The number of rotatable bonds is 3. The van der Waals surface area contributed by atoms with E-state index in [9.17, 15) is 5.21 Å². The summed E-state index contributed by atoms with van der Waals surface area (Å²) in [7, 11) is 0. The van der Waals surface area contributed by atoms with Gasteiger partial charge in [0.25, 0.3) is 0 Å². The van der Waals surface area contributed by atoms with E-state index >= 15 is 0 Å². The highest BCUT2D eigenvalue weighted by Gasteiger charge is 2.03. The van der Waals surface area contributed by atoms with Gasteiger partial charge in [-0.1, -0.05) is 6.08 Å². The zero-order valence-corrected chi connectivity index (χ0v) is 6.75. The molecule has 0 saturated carbocycles. The second-order valence-electron chi connectivity index (χ2n) is 1.83. The molecule has 0 atom stereocenters. The number of thioether (sulfide) groups is 1. The van der Waals surface area contributed by atoms with Crippen molar-refractivity contribution in [3.05, 3.63) is 36.3 Å². The molecule has 4 heteroatoms. The number of nitrogens with zero attached hydrogens (tertiary/aromatic N) is 2. The van der Waals surface area contributed by atoms with Crippen LogP contribution >= 0.6 is 11.8 Å². The van der Waals surface area contributed by atoms with Crippen molar-refractivity contribution >= 4 is 11.8 Å². The maximum atomic E-state index is 10.9. The van der Waals surface area contributed by atoms with Crippen LogP contribution in [-0.4, -0.2) is 10.7 Å². The van der Waals surface area contributed by atoms with Gasteiger partial charge in [0, 0.05) is 11.8 Å². The average Bonchev–Trinajstić information content (AvgIpc) is 2.03. The van der Waals surface area contributed by atoms with Crippen LogP contribution < -0.4 is 4.73 Å². The van der Waals surface area contributed by atoms with Gasteiger partial charge in [-0.2, -0.15) is 0 Å². The lowest BCUT2D eigenvalue weighted by molar-refractivity contribution is -0.650. The number of aromatic nitrogens is 2. The van der Waals surface area contributed by atoms with Crippen LogP contribution in [0.15, 0.2) is 36.3 Å². The van der Waals surface area contributed by atoms with Gasteiger partial charge in [0.1, 0.15) is 6.20 Å². The molecule has 1 heterocycles. The Labute approximate surface area is 69.4 Å². The van der Waals surface area contributed by atoms with Gasteiger partial charge in [0.15, 0.2) is 0 Å². The normalized spacial score (nSPS) is 9.45. The molecular weight excluding hydrogens is 160 g/mol. The van der Waals surface area contributed by atoms with E-state index in [0.717, 1.165) is 4.73 Å². The first kappa shape index (κ1) is 8.07. The molecule has 0 aromatic carbocycles. The SMILES string of the molecule is C=CCSc1nccc[n+]1[O-]. The van der Waals surface area contributed by atoms with Crippen molar-refractivity contribution in [1.82, 2.24) is 4.98 Å². The van der Waals surface area contributed by atoms with Gasteiger partial charge in [-0.05, 0) is 16.7 Å². The lowest BCUT2D eigenvalue weighted by atomic mass is 10.7. The highest BCUT2D eigenvalue weighted by molar-refractivity contribution is 7.99. The van der Waals surface area contributed by atoms with Crippen molar-refractivity contribution in [1.29, 1.82) is 0 Å². The Morgan fingerprint density at radius 3 is 3.27 bits per heavy atom. The summed E-state index contributed by atoms with van der Waals surface area (Å²) in [4.78, 5) is 3.88. The van der Waals surface area contributed by atoms with Crippen molar-refractivity contribution in [3.8, 4) is 0 Å². The van der Waals surface area contributed by atoms with Crippen LogP contribution in [0.4, 0.5) is 0 Å². The van der Waals surface area contributed by atoms with Gasteiger partial charge >= 0.3 is 5.16 Å². The van der Waals surface area contributed by atoms with Crippen LogP contribution in [0.25, 0.3) is 0 Å². The predicted octanol–water partition coefficient (Wildman–Crippen LogP) is 0.993. The Morgan fingerprint density at radius 1 is 1.82 bits per heavy atom. The summed E-state index contributed by atoms with van der Waals surface area (Å²) >= 11 is 1.37. The smallest absolute Gasteiger partial charge is 0.362 e. The summed E-state index contributed by atoms with van der Waals surface area (Å²) in [5, 5.41) is 11.4. The molecule has 1 aromatic rings. The summed E-state index contributed by atoms with van der Waals surface area (Å²) in [5.74, 6) is 0.708. The first-order valence-corrected chi connectivity index (χ1v) is 4.11. The molecule has 58 valence electrons. The van der Waals surface area contributed by atoms with Gasteiger partial charge in [0.2, 0.25) is 0 Å². The molecule has 3 nitrogen and oxygen atoms in total. The fraction of sp³-hybridized carbons (Fsp3) is 0.143. The van der Waals surface area contributed by atoms with E-state index in [1.54, 1.807) is 18.3 Å². The second kappa shape index (κ2) is 3.98. The van der Waals surface area contributed by atoms with E-state index in [1.807, 2.05) is 0 Å². The molecule has 0 aliphatic carbocycles. The van der Waals surface area contributed by atoms with E-state index in [0.29, 0.717) is 10.9 Å². The molecule has 0 radical (unpaired) electrons. The summed E-state index contributed by atoms with van der Waals surface area (Å²) in [6.45, 7) is 3.55. The minimum atomic E-state index is 0.465. The lowest BCUT2D eigenvalue weighted by Gasteiger charge is -2.01. The zero-order valence-electron chi connectivity index (χ0n) is 5.93. The van der Waals surface area contributed by atoms with E-state index in [2.05, 4.69) is 11.6 Å². The molecular formula is C7H8N2OS. The van der Waals surface area contributed by atoms with E-state index in [-0.39, 0.29) is 0 Å². The van der Waals surface area contributed by atoms with Crippen LogP contribution in [0, 0.1) is 5.21 Å². The Kier molecular flexibility index (Phi) is 2.92. The van der Waals surface area contributed by atoms with Crippen LogP contribution in [-0.2, 0) is 0 Å². The van der Waals surface area contributed by atoms with Crippen LogP contribution in [0.1, 0.15) is 0 Å². The highest BCUT2D eigenvalue weighted by Crippen LogP contribution is 2.08.